The maximum Gasteiger partial charge on any atom is 0.0683 e. The fraction of sp³-hybridized carbons (Fsp3) is 0.562. The van der Waals surface area contributed by atoms with Crippen LogP contribution in [0.3, 0.4) is 0 Å². The van der Waals surface area contributed by atoms with E-state index >= 15 is 0 Å². The Bertz CT molecular complexity index is 376. The topological polar surface area (TPSA) is 27.0 Å². The van der Waals surface area contributed by atoms with Crippen molar-refractivity contribution in [1.29, 1.82) is 5.26 Å². The summed E-state index contributed by atoms with van der Waals surface area (Å²) in [6, 6.07) is 12.9. The molecule has 1 aromatic carbocycles. The average Bonchev–Trinajstić information content (AvgIpc) is 2.37. The van der Waals surface area contributed by atoms with Crippen LogP contribution < -0.4 is 0 Å². The second-order valence-corrected chi connectivity index (χ2v) is 5.64. The maximum atomic E-state index is 8.95. The van der Waals surface area contributed by atoms with E-state index < -0.39 is 0 Å². The van der Waals surface area contributed by atoms with Gasteiger partial charge in [-0.15, -0.1) is 0 Å². The lowest BCUT2D eigenvalue weighted by molar-refractivity contribution is 0.307. The molecule has 0 bridgehead atoms. The first kappa shape index (κ1) is 14.7. The van der Waals surface area contributed by atoms with E-state index in [1.807, 2.05) is 13.8 Å². The molecular weight excluding hydrogens is 220 g/mol. The van der Waals surface area contributed by atoms with Crippen LogP contribution in [0.1, 0.15) is 32.3 Å². The Morgan fingerprint density at radius 3 is 2.44 bits per heavy atom. The molecule has 0 radical (unpaired) electrons. The highest BCUT2D eigenvalue weighted by Gasteiger charge is 2.15. The van der Waals surface area contributed by atoms with Gasteiger partial charge in [-0.1, -0.05) is 30.3 Å². The third-order valence-electron chi connectivity index (χ3n) is 3.27. The first-order chi connectivity index (χ1) is 8.53. The summed E-state index contributed by atoms with van der Waals surface area (Å²) < 4.78 is 0. The molecule has 0 aromatic heterocycles. The molecule has 98 valence electrons. The zero-order valence-electron chi connectivity index (χ0n) is 11.8. The molecular formula is C16H24N2. The smallest absolute Gasteiger partial charge is 0.0683 e. The van der Waals surface area contributed by atoms with Crippen molar-refractivity contribution < 1.29 is 0 Å². The lowest BCUT2D eigenvalue weighted by Crippen LogP contribution is -2.23. The minimum Gasteiger partial charge on any atom is -0.306 e. The predicted molar refractivity (Wildman–Crippen MR) is 76.3 cm³/mol. The summed E-state index contributed by atoms with van der Waals surface area (Å²) >= 11 is 0. The zero-order valence-corrected chi connectivity index (χ0v) is 11.8. The van der Waals surface area contributed by atoms with Crippen molar-refractivity contribution in [3.63, 3.8) is 0 Å². The number of rotatable bonds is 7. The van der Waals surface area contributed by atoms with Crippen molar-refractivity contribution in [3.05, 3.63) is 35.9 Å². The van der Waals surface area contributed by atoms with Gasteiger partial charge in [0.2, 0.25) is 0 Å². The average molecular weight is 244 g/mol. The highest BCUT2D eigenvalue weighted by Crippen LogP contribution is 2.20. The molecule has 0 N–H and O–H groups in total. The lowest BCUT2D eigenvalue weighted by Gasteiger charge is -2.19. The van der Waals surface area contributed by atoms with Crippen LogP contribution in [-0.2, 0) is 6.42 Å². The molecule has 0 aliphatic rings. The van der Waals surface area contributed by atoms with E-state index in [1.54, 1.807) is 0 Å². The molecule has 0 unspecified atom stereocenters. The quantitative estimate of drug-likeness (QED) is 0.734. The second-order valence-electron chi connectivity index (χ2n) is 5.64. The van der Waals surface area contributed by atoms with Crippen molar-refractivity contribution >= 4 is 0 Å². The van der Waals surface area contributed by atoms with Gasteiger partial charge in [0.25, 0.3) is 0 Å². The number of nitriles is 1. The van der Waals surface area contributed by atoms with Crippen molar-refractivity contribution in [3.8, 4) is 6.07 Å². The predicted octanol–water partition coefficient (Wildman–Crippen LogP) is 3.49. The van der Waals surface area contributed by atoms with E-state index in [4.69, 9.17) is 5.26 Å². The van der Waals surface area contributed by atoms with Gasteiger partial charge in [0, 0.05) is 6.54 Å². The Kier molecular flexibility index (Phi) is 5.88. The first-order valence-corrected chi connectivity index (χ1v) is 6.67. The maximum absolute atomic E-state index is 8.95. The summed E-state index contributed by atoms with van der Waals surface area (Å²) in [6.45, 7) is 6.17. The summed E-state index contributed by atoms with van der Waals surface area (Å²) in [7, 11) is 2.16. The van der Waals surface area contributed by atoms with Gasteiger partial charge in [0.15, 0.2) is 0 Å². The third-order valence-corrected chi connectivity index (χ3v) is 3.27. The van der Waals surface area contributed by atoms with Gasteiger partial charge < -0.3 is 4.90 Å². The molecule has 0 heterocycles. The monoisotopic (exact) mass is 244 g/mol. The summed E-state index contributed by atoms with van der Waals surface area (Å²) in [5, 5.41) is 8.95. The van der Waals surface area contributed by atoms with Crippen LogP contribution in [0.5, 0.6) is 0 Å². The van der Waals surface area contributed by atoms with E-state index in [2.05, 4.69) is 48.3 Å². The van der Waals surface area contributed by atoms with Gasteiger partial charge >= 0.3 is 0 Å². The molecule has 1 aromatic rings. The van der Waals surface area contributed by atoms with Crippen LogP contribution in [0, 0.1) is 16.7 Å². The number of hydrogen-bond acceptors (Lipinski definition) is 2. The van der Waals surface area contributed by atoms with Gasteiger partial charge in [0.1, 0.15) is 0 Å². The van der Waals surface area contributed by atoms with Gasteiger partial charge in [-0.3, -0.25) is 0 Å². The summed E-state index contributed by atoms with van der Waals surface area (Å²) in [5.41, 5.74) is 1.21. The molecule has 1 rings (SSSR count). The number of hydrogen-bond donors (Lipinski definition) is 0. The van der Waals surface area contributed by atoms with E-state index in [1.165, 1.54) is 5.56 Å². The minimum absolute atomic E-state index is 0.180. The van der Waals surface area contributed by atoms with E-state index in [-0.39, 0.29) is 5.41 Å². The Balaban J connectivity index is 2.19. The number of benzene rings is 1. The minimum atomic E-state index is -0.180. The molecule has 0 aliphatic heterocycles. The fourth-order valence-corrected chi connectivity index (χ4v) is 1.92. The van der Waals surface area contributed by atoms with E-state index in [0.29, 0.717) is 0 Å². The molecule has 0 atom stereocenters. The number of nitrogens with zero attached hydrogens (tertiary/aromatic N) is 2. The Labute approximate surface area is 111 Å². The molecule has 0 saturated carbocycles. The van der Waals surface area contributed by atoms with Crippen LogP contribution in [0.2, 0.25) is 0 Å². The van der Waals surface area contributed by atoms with E-state index in [0.717, 1.165) is 32.4 Å². The Hall–Kier alpha value is -1.33. The molecule has 2 heteroatoms. The van der Waals surface area contributed by atoms with Crippen LogP contribution in [0.15, 0.2) is 30.3 Å². The molecule has 2 nitrogen and oxygen atoms in total. The summed E-state index contributed by atoms with van der Waals surface area (Å²) in [4.78, 5) is 2.35. The zero-order chi connectivity index (χ0) is 13.4. The van der Waals surface area contributed by atoms with Crippen LogP contribution >= 0.6 is 0 Å². The standard InChI is InChI=1S/C16H24N2/c1-16(2,14-17)11-7-12-18(3)13-10-15-8-5-4-6-9-15/h4-6,8-9H,7,10-13H2,1-3H3. The molecule has 0 amide bonds. The largest absolute Gasteiger partial charge is 0.306 e. The second kappa shape index (κ2) is 7.18. The van der Waals surface area contributed by atoms with Crippen molar-refractivity contribution in [2.45, 2.75) is 33.1 Å². The van der Waals surface area contributed by atoms with Crippen LogP contribution in [0.25, 0.3) is 0 Å². The van der Waals surface area contributed by atoms with Crippen molar-refractivity contribution in [2.24, 2.45) is 5.41 Å². The lowest BCUT2D eigenvalue weighted by atomic mass is 9.90. The number of likely N-dealkylation sites (N-methyl/N-ethyl adjacent to an activating group) is 1. The highest BCUT2D eigenvalue weighted by molar-refractivity contribution is 5.14. The molecule has 0 saturated heterocycles. The molecule has 18 heavy (non-hydrogen) atoms. The molecule has 0 aliphatic carbocycles. The van der Waals surface area contributed by atoms with E-state index in [9.17, 15) is 0 Å². The normalized spacial score (nSPS) is 11.5. The van der Waals surface area contributed by atoms with Gasteiger partial charge in [-0.2, -0.15) is 5.26 Å². The SMILES string of the molecule is CN(CCCC(C)(C)C#N)CCc1ccccc1. The van der Waals surface area contributed by atoms with Crippen molar-refractivity contribution in [1.82, 2.24) is 4.90 Å². The fourth-order valence-electron chi connectivity index (χ4n) is 1.92. The van der Waals surface area contributed by atoms with Gasteiger partial charge in [-0.05, 0) is 52.3 Å². The third kappa shape index (κ3) is 5.84. The Morgan fingerprint density at radius 2 is 1.83 bits per heavy atom. The highest BCUT2D eigenvalue weighted by atomic mass is 15.1. The first-order valence-electron chi connectivity index (χ1n) is 6.67. The summed E-state index contributed by atoms with van der Waals surface area (Å²) in [6.07, 6.45) is 3.16. The molecule has 0 spiro atoms. The summed E-state index contributed by atoms with van der Waals surface area (Å²) in [5.74, 6) is 0. The van der Waals surface area contributed by atoms with Crippen molar-refractivity contribution in [2.75, 3.05) is 20.1 Å². The van der Waals surface area contributed by atoms with Crippen LogP contribution in [0.4, 0.5) is 0 Å². The molecule has 0 fully saturated rings. The van der Waals surface area contributed by atoms with Gasteiger partial charge in [-0.25, -0.2) is 0 Å². The van der Waals surface area contributed by atoms with Gasteiger partial charge in [0.05, 0.1) is 11.5 Å². The van der Waals surface area contributed by atoms with Crippen LogP contribution in [-0.4, -0.2) is 25.0 Å². The Morgan fingerprint density at radius 1 is 1.17 bits per heavy atom.